The van der Waals surface area contributed by atoms with E-state index < -0.39 is 71.9 Å². The monoisotopic (exact) mass is 930 g/mol. The van der Waals surface area contributed by atoms with Crippen molar-refractivity contribution >= 4 is 35.8 Å². The number of hydrogen-bond donors (Lipinski definition) is 0. The van der Waals surface area contributed by atoms with Crippen molar-refractivity contribution in [2.45, 2.75) is 77.6 Å². The van der Waals surface area contributed by atoms with Crippen LogP contribution in [0.4, 0.5) is 0 Å². The van der Waals surface area contributed by atoms with Gasteiger partial charge in [-0.1, -0.05) is 36.4 Å². The van der Waals surface area contributed by atoms with E-state index in [0.29, 0.717) is 84.6 Å². The molecule has 1 aliphatic carbocycles. The van der Waals surface area contributed by atoms with Crippen molar-refractivity contribution in [2.75, 3.05) is 0 Å². The van der Waals surface area contributed by atoms with Gasteiger partial charge in [-0.3, -0.25) is 28.8 Å². The molecule has 10 rings (SSSR count). The molecule has 0 N–H and O–H groups in total. The third-order valence-electron chi connectivity index (χ3n) is 12.2. The highest BCUT2D eigenvalue weighted by atomic mass is 16.6. The Balaban J connectivity index is 1.31. The Labute approximate surface area is 394 Å². The lowest BCUT2D eigenvalue weighted by atomic mass is 9.76. The van der Waals surface area contributed by atoms with Gasteiger partial charge in [0, 0.05) is 76.4 Å². The molecule has 0 amide bonds. The van der Waals surface area contributed by atoms with Crippen LogP contribution in [0.25, 0.3) is 0 Å². The van der Waals surface area contributed by atoms with Crippen molar-refractivity contribution in [3.8, 4) is 51.7 Å². The van der Waals surface area contributed by atoms with Crippen LogP contribution in [0, 0.1) is 0 Å². The Hall–Kier alpha value is -8.46. The topological polar surface area (TPSA) is 185 Å². The summed E-state index contributed by atoms with van der Waals surface area (Å²) in [5.74, 6) is -2.59. The van der Waals surface area contributed by atoms with Crippen molar-refractivity contribution in [3.05, 3.63) is 159 Å². The van der Waals surface area contributed by atoms with Gasteiger partial charge in [-0.15, -0.1) is 0 Å². The van der Waals surface area contributed by atoms with E-state index in [1.54, 1.807) is 109 Å². The first kappa shape index (κ1) is 44.4. The van der Waals surface area contributed by atoms with Crippen LogP contribution in [0.3, 0.4) is 0 Å². The van der Waals surface area contributed by atoms with Crippen LogP contribution in [0.2, 0.25) is 0 Å². The average molecular weight is 931 g/mol. The summed E-state index contributed by atoms with van der Waals surface area (Å²) in [6.45, 7) is 7.85. The molecule has 0 radical (unpaired) electrons. The molecular formula is C54H42O15. The first-order valence-corrected chi connectivity index (χ1v) is 22.0. The predicted molar refractivity (Wildman–Crippen MR) is 242 cm³/mol. The maximum Gasteiger partial charge on any atom is 0.308 e. The number of carbonyl (C=O) groups excluding carboxylic acids is 6. The number of benzene rings is 6. The molecule has 3 aliphatic heterocycles. The summed E-state index contributed by atoms with van der Waals surface area (Å²) in [5, 5.41) is 0. The van der Waals surface area contributed by atoms with Gasteiger partial charge in [-0.25, -0.2) is 0 Å². The standard InChI is InChI=1S/C54H42O15/c1-25(55)61-34-13-7-31(8-14-34)52-49-40-19-37(64-28(4)58)23-44-47(40)51(54(68-44)33-11-17-36(18-12-33)63-27(3)57)42-21-39(66-30(6)60)24-45-48(42)50(41-20-38(65-29(5)59)22-43(67-52)46(41)49)53(69-45)32-9-15-35(16-10-32)62-26(2)56/h7-24,49-54H,1-6H3/t49-,50-,51+,52+,53+,54-/m1/s1. The second-order valence-corrected chi connectivity index (χ2v) is 17.1. The van der Waals surface area contributed by atoms with Gasteiger partial charge in [0.2, 0.25) is 0 Å². The van der Waals surface area contributed by atoms with Gasteiger partial charge >= 0.3 is 35.8 Å². The molecule has 3 heterocycles. The molecule has 0 saturated carbocycles. The minimum absolute atomic E-state index is 0.197. The van der Waals surface area contributed by atoms with E-state index in [0.717, 1.165) is 0 Å². The fourth-order valence-corrected chi connectivity index (χ4v) is 10.1. The Morgan fingerprint density at radius 2 is 0.536 bits per heavy atom. The zero-order chi connectivity index (χ0) is 48.4. The van der Waals surface area contributed by atoms with Crippen LogP contribution in [0.15, 0.2) is 109 Å². The number of ether oxygens (including phenoxy) is 9. The smallest absolute Gasteiger partial charge is 0.308 e. The Kier molecular flexibility index (Phi) is 11.1. The van der Waals surface area contributed by atoms with Gasteiger partial charge in [0.05, 0.1) is 17.8 Å². The fourth-order valence-electron chi connectivity index (χ4n) is 10.1. The summed E-state index contributed by atoms with van der Waals surface area (Å²) >= 11 is 0. The highest BCUT2D eigenvalue weighted by Crippen LogP contribution is 2.66. The van der Waals surface area contributed by atoms with Crippen LogP contribution in [-0.2, 0) is 28.8 Å². The molecule has 69 heavy (non-hydrogen) atoms. The van der Waals surface area contributed by atoms with E-state index in [-0.39, 0.29) is 17.2 Å². The summed E-state index contributed by atoms with van der Waals surface area (Å²) in [7, 11) is 0. The normalized spacial score (nSPS) is 19.6. The van der Waals surface area contributed by atoms with Crippen LogP contribution >= 0.6 is 0 Å². The first-order chi connectivity index (χ1) is 33.1. The molecule has 0 unspecified atom stereocenters. The van der Waals surface area contributed by atoms with Crippen molar-refractivity contribution in [3.63, 3.8) is 0 Å². The summed E-state index contributed by atoms with van der Waals surface area (Å²) in [6.07, 6.45) is -2.42. The number of esters is 6. The minimum Gasteiger partial charge on any atom is -0.484 e. The van der Waals surface area contributed by atoms with E-state index in [9.17, 15) is 28.8 Å². The average Bonchev–Trinajstić information content (AvgIpc) is 3.98. The van der Waals surface area contributed by atoms with Crippen LogP contribution < -0.4 is 42.6 Å². The number of rotatable bonds is 9. The molecule has 6 atom stereocenters. The SMILES string of the molecule is CC(=O)Oc1ccc([C@H]2Oc3cc(OC(C)=O)cc4c3[C@@H]2c2cc(OC(C)=O)cc3c2[C@@H](c2cc(OC(C)=O)cc5c2[C@@H]4[C@H](c2ccc(OC(C)=O)cc2)O5)[C@H](c2ccc(OC(C)=O)cc2)O3)cc1. The molecule has 6 aromatic carbocycles. The first-order valence-electron chi connectivity index (χ1n) is 22.0. The molecule has 6 aromatic rings. The third-order valence-corrected chi connectivity index (χ3v) is 12.2. The Bertz CT molecular complexity index is 2800. The largest absolute Gasteiger partial charge is 0.484 e. The highest BCUT2D eigenvalue weighted by molar-refractivity contribution is 5.76. The molecule has 0 spiro atoms. The van der Waals surface area contributed by atoms with E-state index in [1.807, 2.05) is 0 Å². The van der Waals surface area contributed by atoms with E-state index in [4.69, 9.17) is 42.6 Å². The van der Waals surface area contributed by atoms with Gasteiger partial charge < -0.3 is 42.6 Å². The number of carbonyl (C=O) groups is 6. The number of fused-ring (bicyclic) bond motifs is 3. The summed E-state index contributed by atoms with van der Waals surface area (Å²) in [5.41, 5.74) is 6.15. The van der Waals surface area contributed by atoms with Crippen molar-refractivity contribution < 1.29 is 71.4 Å². The fraction of sp³-hybridized carbons (Fsp3) is 0.222. The van der Waals surface area contributed by atoms with E-state index in [1.165, 1.54) is 41.5 Å². The second-order valence-electron chi connectivity index (χ2n) is 17.1. The zero-order valence-electron chi connectivity index (χ0n) is 38.0. The van der Waals surface area contributed by atoms with Crippen molar-refractivity contribution in [2.24, 2.45) is 0 Å². The minimum atomic E-state index is -0.807. The highest BCUT2D eigenvalue weighted by Gasteiger charge is 2.52. The molecule has 0 aromatic heterocycles. The van der Waals surface area contributed by atoms with Crippen molar-refractivity contribution in [1.82, 2.24) is 0 Å². The van der Waals surface area contributed by atoms with Gasteiger partial charge in [-0.05, 0) is 88.0 Å². The lowest BCUT2D eigenvalue weighted by molar-refractivity contribution is -0.132. The van der Waals surface area contributed by atoms with Gasteiger partial charge in [0.15, 0.2) is 0 Å². The summed E-state index contributed by atoms with van der Waals surface area (Å²) in [4.78, 5) is 74.3. The summed E-state index contributed by atoms with van der Waals surface area (Å²) < 4.78 is 55.0. The second kappa shape index (κ2) is 17.3. The Morgan fingerprint density at radius 1 is 0.319 bits per heavy atom. The maximum absolute atomic E-state index is 12.8. The lowest BCUT2D eigenvalue weighted by Crippen LogP contribution is -2.17. The van der Waals surface area contributed by atoms with Crippen molar-refractivity contribution in [1.29, 1.82) is 0 Å². The molecule has 0 bridgehead atoms. The van der Waals surface area contributed by atoms with E-state index in [2.05, 4.69) is 0 Å². The zero-order valence-corrected chi connectivity index (χ0v) is 38.0. The third kappa shape index (κ3) is 8.36. The quantitative estimate of drug-likeness (QED) is 0.0986. The van der Waals surface area contributed by atoms with E-state index >= 15 is 0 Å². The van der Waals surface area contributed by atoms with Crippen LogP contribution in [0.1, 0.15) is 128 Å². The number of hydrogen-bond acceptors (Lipinski definition) is 15. The molecular weight excluding hydrogens is 889 g/mol. The molecule has 15 heteroatoms. The van der Waals surface area contributed by atoms with Gasteiger partial charge in [-0.2, -0.15) is 0 Å². The maximum atomic E-state index is 12.8. The molecule has 4 aliphatic rings. The molecule has 348 valence electrons. The molecule has 15 nitrogen and oxygen atoms in total. The predicted octanol–water partition coefficient (Wildman–Crippen LogP) is 9.35. The molecule has 0 fully saturated rings. The molecule has 0 saturated heterocycles. The van der Waals surface area contributed by atoms with Gasteiger partial charge in [0.25, 0.3) is 0 Å². The lowest BCUT2D eigenvalue weighted by Gasteiger charge is -2.26. The van der Waals surface area contributed by atoms with Crippen LogP contribution in [-0.4, -0.2) is 35.8 Å². The summed E-state index contributed by atoms with van der Waals surface area (Å²) in [6, 6.07) is 31.2. The van der Waals surface area contributed by atoms with Crippen LogP contribution in [0.5, 0.6) is 51.7 Å². The van der Waals surface area contributed by atoms with Gasteiger partial charge in [0.1, 0.15) is 70.1 Å². The Morgan fingerprint density at radius 3 is 0.754 bits per heavy atom.